The molecule has 3 heterocycles. The summed E-state index contributed by atoms with van der Waals surface area (Å²) in [6, 6.07) is 10.7. The summed E-state index contributed by atoms with van der Waals surface area (Å²) < 4.78 is 27.2. The maximum absolute atomic E-state index is 13.0. The van der Waals surface area contributed by atoms with Gasteiger partial charge in [-0.3, -0.25) is 4.79 Å². The van der Waals surface area contributed by atoms with E-state index in [4.69, 9.17) is 23.4 Å². The monoisotopic (exact) mass is 425 g/mol. The van der Waals surface area contributed by atoms with Crippen LogP contribution < -0.4 is 14.2 Å². The number of hydrogen-bond donors (Lipinski definition) is 0. The molecule has 1 amide bonds. The van der Waals surface area contributed by atoms with E-state index >= 15 is 0 Å². The first-order chi connectivity index (χ1) is 15.1. The van der Waals surface area contributed by atoms with Gasteiger partial charge in [0.1, 0.15) is 19.0 Å². The lowest BCUT2D eigenvalue weighted by Crippen LogP contribution is -2.32. The summed E-state index contributed by atoms with van der Waals surface area (Å²) in [5.74, 6) is 2.26. The van der Waals surface area contributed by atoms with Crippen LogP contribution in [0.25, 0.3) is 11.3 Å². The van der Waals surface area contributed by atoms with Crippen LogP contribution in [-0.4, -0.2) is 55.5 Å². The average Bonchev–Trinajstić information content (AvgIpc) is 3.16. The summed E-state index contributed by atoms with van der Waals surface area (Å²) >= 11 is 0. The van der Waals surface area contributed by atoms with Crippen molar-refractivity contribution in [2.45, 2.75) is 13.2 Å². The van der Waals surface area contributed by atoms with Crippen molar-refractivity contribution in [3.05, 3.63) is 53.5 Å². The van der Waals surface area contributed by atoms with Crippen molar-refractivity contribution in [3.63, 3.8) is 0 Å². The third-order valence-corrected chi connectivity index (χ3v) is 4.91. The molecule has 0 aliphatic carbocycles. The molecule has 162 valence electrons. The first kappa shape index (κ1) is 20.7. The van der Waals surface area contributed by atoms with Crippen molar-refractivity contribution in [2.24, 2.45) is 0 Å². The molecular weight excluding hydrogens is 402 g/mol. The van der Waals surface area contributed by atoms with E-state index in [2.05, 4.69) is 10.2 Å². The number of nitrogens with zero attached hydrogens (tertiary/aromatic N) is 3. The molecule has 0 saturated heterocycles. The van der Waals surface area contributed by atoms with E-state index in [1.807, 2.05) is 18.2 Å². The van der Waals surface area contributed by atoms with Crippen molar-refractivity contribution in [1.82, 2.24) is 15.1 Å². The molecule has 1 aliphatic heterocycles. The van der Waals surface area contributed by atoms with Crippen LogP contribution >= 0.6 is 0 Å². The number of methoxy groups -OCH3 is 3. The molecule has 4 rings (SSSR count). The van der Waals surface area contributed by atoms with Gasteiger partial charge in [0.15, 0.2) is 17.3 Å². The van der Waals surface area contributed by atoms with E-state index < -0.39 is 0 Å². The average molecular weight is 425 g/mol. The number of aromatic nitrogens is 2. The molecule has 0 radical (unpaired) electrons. The second-order valence-corrected chi connectivity index (χ2v) is 6.90. The zero-order chi connectivity index (χ0) is 21.8. The van der Waals surface area contributed by atoms with Crippen LogP contribution in [0, 0.1) is 0 Å². The van der Waals surface area contributed by atoms with Crippen LogP contribution in [0.3, 0.4) is 0 Å². The molecule has 0 fully saturated rings. The van der Waals surface area contributed by atoms with Gasteiger partial charge in [-0.2, -0.15) is 0 Å². The van der Waals surface area contributed by atoms with E-state index in [9.17, 15) is 4.79 Å². The van der Waals surface area contributed by atoms with Crippen molar-refractivity contribution in [1.29, 1.82) is 0 Å². The second-order valence-electron chi connectivity index (χ2n) is 6.90. The summed E-state index contributed by atoms with van der Waals surface area (Å²) in [5, 5.41) is 8.24. The Kier molecular flexibility index (Phi) is 6.03. The largest absolute Gasteiger partial charge is 0.493 e. The molecule has 0 bridgehead atoms. The Morgan fingerprint density at radius 1 is 1.10 bits per heavy atom. The summed E-state index contributed by atoms with van der Waals surface area (Å²) in [4.78, 5) is 14.7. The molecule has 1 aliphatic rings. The summed E-state index contributed by atoms with van der Waals surface area (Å²) in [5.41, 5.74) is 2.25. The number of hydrogen-bond acceptors (Lipinski definition) is 8. The molecular formula is C22H23N3O6. The Morgan fingerprint density at radius 2 is 1.97 bits per heavy atom. The van der Waals surface area contributed by atoms with Gasteiger partial charge in [0.25, 0.3) is 5.91 Å². The molecule has 3 aromatic rings. The van der Waals surface area contributed by atoms with Gasteiger partial charge in [-0.15, -0.1) is 10.2 Å². The van der Waals surface area contributed by atoms with Crippen LogP contribution in [0.4, 0.5) is 0 Å². The van der Waals surface area contributed by atoms with Crippen LogP contribution in [0.2, 0.25) is 0 Å². The fourth-order valence-electron chi connectivity index (χ4n) is 3.41. The summed E-state index contributed by atoms with van der Waals surface area (Å²) in [6.45, 7) is 1.39. The molecule has 31 heavy (non-hydrogen) atoms. The highest BCUT2D eigenvalue weighted by Gasteiger charge is 2.26. The molecule has 9 heteroatoms. The Hall–Kier alpha value is -3.59. The predicted molar refractivity (Wildman–Crippen MR) is 110 cm³/mol. The normalized spacial score (nSPS) is 13.2. The fraction of sp³-hybridized carbons (Fsp3) is 0.318. The van der Waals surface area contributed by atoms with Gasteiger partial charge in [0.2, 0.25) is 5.88 Å². The standard InChI is InChI=1S/C22H23N3O6/c1-27-13-16-4-6-18(31-16)22(26)25-8-9-30-21-15(12-25)10-14(11-19(21)28-2)17-5-7-20(29-3)24-23-17/h4-7,10-11H,8-9,12-13H2,1-3H3. The van der Waals surface area contributed by atoms with Crippen molar-refractivity contribution in [3.8, 4) is 28.6 Å². The number of ether oxygens (including phenoxy) is 4. The summed E-state index contributed by atoms with van der Waals surface area (Å²) in [7, 11) is 4.69. The lowest BCUT2D eigenvalue weighted by Gasteiger charge is -2.19. The van der Waals surface area contributed by atoms with Gasteiger partial charge in [-0.1, -0.05) is 0 Å². The Labute approximate surface area is 179 Å². The maximum Gasteiger partial charge on any atom is 0.289 e. The zero-order valence-electron chi connectivity index (χ0n) is 17.6. The van der Waals surface area contributed by atoms with Crippen LogP contribution in [0.15, 0.2) is 40.8 Å². The highest BCUT2D eigenvalue weighted by atomic mass is 16.5. The van der Waals surface area contributed by atoms with Crippen LogP contribution in [0.1, 0.15) is 21.9 Å². The molecule has 9 nitrogen and oxygen atoms in total. The minimum Gasteiger partial charge on any atom is -0.493 e. The number of carbonyl (C=O) groups excluding carboxylic acids is 1. The lowest BCUT2D eigenvalue weighted by molar-refractivity contribution is 0.0693. The number of furan rings is 1. The van der Waals surface area contributed by atoms with Gasteiger partial charge in [-0.05, 0) is 30.3 Å². The molecule has 0 atom stereocenters. The number of amides is 1. The minimum atomic E-state index is -0.215. The molecule has 0 spiro atoms. The predicted octanol–water partition coefficient (Wildman–Crippen LogP) is 2.94. The van der Waals surface area contributed by atoms with Crippen molar-refractivity contribution in [2.75, 3.05) is 34.5 Å². The fourth-order valence-corrected chi connectivity index (χ4v) is 3.41. The first-order valence-corrected chi connectivity index (χ1v) is 9.71. The quantitative estimate of drug-likeness (QED) is 0.595. The Bertz CT molecular complexity index is 1060. The number of carbonyl (C=O) groups is 1. The highest BCUT2D eigenvalue weighted by Crippen LogP contribution is 2.38. The second kappa shape index (κ2) is 9.05. The van der Waals surface area contributed by atoms with E-state index in [1.165, 1.54) is 7.11 Å². The minimum absolute atomic E-state index is 0.215. The third-order valence-electron chi connectivity index (χ3n) is 4.91. The Balaban J connectivity index is 1.65. The van der Waals surface area contributed by atoms with Gasteiger partial charge in [-0.25, -0.2) is 0 Å². The van der Waals surface area contributed by atoms with Crippen LogP contribution in [0.5, 0.6) is 17.4 Å². The first-order valence-electron chi connectivity index (χ1n) is 9.71. The molecule has 0 N–H and O–H groups in total. The van der Waals surface area contributed by atoms with Gasteiger partial charge in [0.05, 0.1) is 33.0 Å². The molecule has 2 aromatic heterocycles. The maximum atomic E-state index is 13.0. The van der Waals surface area contributed by atoms with E-state index in [-0.39, 0.29) is 11.7 Å². The van der Waals surface area contributed by atoms with E-state index in [1.54, 1.807) is 37.3 Å². The third kappa shape index (κ3) is 4.31. The molecule has 0 unspecified atom stereocenters. The number of benzene rings is 1. The molecule has 0 saturated carbocycles. The smallest absolute Gasteiger partial charge is 0.289 e. The number of fused-ring (bicyclic) bond motifs is 1. The SMILES string of the molecule is COCc1ccc(C(=O)N2CCOc3c(cc(-c4ccc(OC)nn4)cc3OC)C2)o1. The molecule has 1 aromatic carbocycles. The van der Waals surface area contributed by atoms with Gasteiger partial charge in [0, 0.05) is 24.3 Å². The zero-order valence-corrected chi connectivity index (χ0v) is 17.6. The highest BCUT2D eigenvalue weighted by molar-refractivity contribution is 5.91. The van der Waals surface area contributed by atoms with Gasteiger partial charge < -0.3 is 28.3 Å². The topological polar surface area (TPSA) is 96.2 Å². The lowest BCUT2D eigenvalue weighted by atomic mass is 10.0. The number of rotatable bonds is 6. The van der Waals surface area contributed by atoms with Crippen molar-refractivity contribution < 1.29 is 28.2 Å². The van der Waals surface area contributed by atoms with E-state index in [0.29, 0.717) is 55.1 Å². The Morgan fingerprint density at radius 3 is 2.68 bits per heavy atom. The van der Waals surface area contributed by atoms with Crippen molar-refractivity contribution >= 4 is 5.91 Å². The van der Waals surface area contributed by atoms with Gasteiger partial charge >= 0.3 is 0 Å². The van der Waals surface area contributed by atoms with E-state index in [0.717, 1.165) is 11.1 Å². The summed E-state index contributed by atoms with van der Waals surface area (Å²) in [6.07, 6.45) is 0. The van der Waals surface area contributed by atoms with Crippen LogP contribution in [-0.2, 0) is 17.9 Å².